The van der Waals surface area contributed by atoms with E-state index >= 15 is 0 Å². The highest BCUT2D eigenvalue weighted by atomic mass is 16.5. The van der Waals surface area contributed by atoms with E-state index < -0.39 is 0 Å². The molecular weight excluding hydrogens is 404 g/mol. The van der Waals surface area contributed by atoms with Gasteiger partial charge in [0.05, 0.1) is 5.56 Å². The van der Waals surface area contributed by atoms with Gasteiger partial charge in [-0.15, -0.1) is 0 Å². The Bertz CT molecular complexity index is 969. The van der Waals surface area contributed by atoms with Crippen LogP contribution in [-0.2, 0) is 12.8 Å². The molecule has 0 bridgehead atoms. The standard InChI is InChI=1S/C31H38O2/c1-4-6-7-8-9-10-25-13-21-30(22-14-25)33-31(32)29-19-17-28(18-20-29)27-15-11-26(12-16-27)23-24(3)5-2/h11-22,24H,4-10,23H2,1-3H3. The Balaban J connectivity index is 1.52. The first kappa shape index (κ1) is 24.8. The molecule has 0 saturated heterocycles. The summed E-state index contributed by atoms with van der Waals surface area (Å²) in [6.07, 6.45) is 9.79. The van der Waals surface area contributed by atoms with Gasteiger partial charge in [0.25, 0.3) is 0 Å². The fraction of sp³-hybridized carbons (Fsp3) is 0.387. The maximum absolute atomic E-state index is 12.6. The number of rotatable bonds is 12. The van der Waals surface area contributed by atoms with Crippen molar-refractivity contribution in [1.29, 1.82) is 0 Å². The van der Waals surface area contributed by atoms with E-state index in [4.69, 9.17) is 4.74 Å². The molecule has 3 aromatic rings. The van der Waals surface area contributed by atoms with Crippen LogP contribution in [0.4, 0.5) is 0 Å². The summed E-state index contributed by atoms with van der Waals surface area (Å²) in [6.45, 7) is 6.76. The first-order valence-corrected chi connectivity index (χ1v) is 12.6. The van der Waals surface area contributed by atoms with Crippen molar-refractivity contribution in [3.05, 3.63) is 89.5 Å². The molecule has 0 radical (unpaired) electrons. The average molecular weight is 443 g/mol. The van der Waals surface area contributed by atoms with E-state index in [-0.39, 0.29) is 5.97 Å². The number of aryl methyl sites for hydroxylation is 1. The van der Waals surface area contributed by atoms with E-state index in [1.165, 1.54) is 49.7 Å². The molecule has 0 aliphatic heterocycles. The van der Waals surface area contributed by atoms with Crippen LogP contribution in [0.2, 0.25) is 0 Å². The minimum atomic E-state index is -0.322. The van der Waals surface area contributed by atoms with Crippen LogP contribution < -0.4 is 4.74 Å². The van der Waals surface area contributed by atoms with E-state index in [1.54, 1.807) is 0 Å². The van der Waals surface area contributed by atoms with E-state index in [0.717, 1.165) is 24.0 Å². The normalized spacial score (nSPS) is 11.8. The first-order valence-electron chi connectivity index (χ1n) is 12.6. The Hall–Kier alpha value is -2.87. The predicted octanol–water partition coefficient (Wildman–Crippen LogP) is 8.67. The SMILES string of the molecule is CCCCCCCc1ccc(OC(=O)c2ccc(-c3ccc(CC(C)CC)cc3)cc2)cc1. The second-order valence-corrected chi connectivity index (χ2v) is 9.19. The molecule has 0 spiro atoms. The number of hydrogen-bond acceptors (Lipinski definition) is 2. The van der Waals surface area contributed by atoms with Gasteiger partial charge in [-0.1, -0.05) is 101 Å². The van der Waals surface area contributed by atoms with Crippen molar-refractivity contribution in [2.75, 3.05) is 0 Å². The highest BCUT2D eigenvalue weighted by molar-refractivity contribution is 5.91. The van der Waals surface area contributed by atoms with Crippen LogP contribution in [0.5, 0.6) is 5.75 Å². The molecule has 0 aliphatic rings. The first-order chi connectivity index (χ1) is 16.1. The lowest BCUT2D eigenvalue weighted by Gasteiger charge is -2.10. The second kappa shape index (κ2) is 13.0. The Labute approximate surface area is 200 Å². The van der Waals surface area contributed by atoms with E-state index in [1.807, 2.05) is 36.4 Å². The summed E-state index contributed by atoms with van der Waals surface area (Å²) < 4.78 is 5.58. The van der Waals surface area contributed by atoms with Crippen molar-refractivity contribution in [1.82, 2.24) is 0 Å². The number of benzene rings is 3. The second-order valence-electron chi connectivity index (χ2n) is 9.19. The Kier molecular flexibility index (Phi) is 9.75. The molecule has 0 N–H and O–H groups in total. The zero-order valence-electron chi connectivity index (χ0n) is 20.5. The average Bonchev–Trinajstić information content (AvgIpc) is 2.85. The topological polar surface area (TPSA) is 26.3 Å². The van der Waals surface area contributed by atoms with E-state index in [2.05, 4.69) is 57.2 Å². The van der Waals surface area contributed by atoms with Gasteiger partial charge in [-0.05, 0) is 71.7 Å². The number of carbonyl (C=O) groups is 1. The minimum Gasteiger partial charge on any atom is -0.423 e. The maximum Gasteiger partial charge on any atom is 0.343 e. The van der Waals surface area contributed by atoms with Crippen LogP contribution in [0.3, 0.4) is 0 Å². The van der Waals surface area contributed by atoms with Crippen molar-refractivity contribution in [3.8, 4) is 16.9 Å². The lowest BCUT2D eigenvalue weighted by Crippen LogP contribution is -2.08. The van der Waals surface area contributed by atoms with Crippen LogP contribution in [0.25, 0.3) is 11.1 Å². The van der Waals surface area contributed by atoms with Gasteiger partial charge in [-0.3, -0.25) is 0 Å². The molecule has 0 amide bonds. The van der Waals surface area contributed by atoms with Gasteiger partial charge >= 0.3 is 5.97 Å². The highest BCUT2D eigenvalue weighted by Crippen LogP contribution is 2.23. The molecule has 0 fully saturated rings. The number of esters is 1. The van der Waals surface area contributed by atoms with Gasteiger partial charge in [0.2, 0.25) is 0 Å². The molecule has 2 heteroatoms. The van der Waals surface area contributed by atoms with Crippen LogP contribution in [0.15, 0.2) is 72.8 Å². The number of ether oxygens (including phenoxy) is 1. The highest BCUT2D eigenvalue weighted by Gasteiger charge is 2.09. The third kappa shape index (κ3) is 7.89. The van der Waals surface area contributed by atoms with Gasteiger partial charge in [0, 0.05) is 0 Å². The molecule has 3 rings (SSSR count). The minimum absolute atomic E-state index is 0.322. The quantitative estimate of drug-likeness (QED) is 0.159. The monoisotopic (exact) mass is 442 g/mol. The van der Waals surface area contributed by atoms with Crippen molar-refractivity contribution in [2.24, 2.45) is 5.92 Å². The lowest BCUT2D eigenvalue weighted by atomic mass is 9.96. The molecule has 33 heavy (non-hydrogen) atoms. The summed E-state index contributed by atoms with van der Waals surface area (Å²) in [5.74, 6) is 0.973. The lowest BCUT2D eigenvalue weighted by molar-refractivity contribution is 0.0734. The third-order valence-electron chi connectivity index (χ3n) is 6.39. The molecule has 0 aliphatic carbocycles. The van der Waals surface area contributed by atoms with Crippen LogP contribution in [-0.4, -0.2) is 5.97 Å². The summed E-state index contributed by atoms with van der Waals surface area (Å²) >= 11 is 0. The summed E-state index contributed by atoms with van der Waals surface area (Å²) in [5, 5.41) is 0. The van der Waals surface area contributed by atoms with Crippen LogP contribution in [0.1, 0.15) is 80.8 Å². The zero-order chi connectivity index (χ0) is 23.5. The predicted molar refractivity (Wildman–Crippen MR) is 139 cm³/mol. The number of unbranched alkanes of at least 4 members (excludes halogenated alkanes) is 4. The summed E-state index contributed by atoms with van der Waals surface area (Å²) in [5.41, 5.74) is 5.49. The van der Waals surface area contributed by atoms with Gasteiger partial charge in [-0.2, -0.15) is 0 Å². The van der Waals surface area contributed by atoms with E-state index in [0.29, 0.717) is 17.2 Å². The van der Waals surface area contributed by atoms with Crippen molar-refractivity contribution in [2.45, 2.75) is 72.1 Å². The summed E-state index contributed by atoms with van der Waals surface area (Å²) in [4.78, 5) is 12.6. The Morgan fingerprint density at radius 3 is 1.91 bits per heavy atom. The molecule has 0 saturated carbocycles. The molecule has 3 aromatic carbocycles. The molecular formula is C31H38O2. The van der Waals surface area contributed by atoms with Crippen LogP contribution in [0, 0.1) is 5.92 Å². The number of hydrogen-bond donors (Lipinski definition) is 0. The number of carbonyl (C=O) groups excluding carboxylic acids is 1. The summed E-state index contributed by atoms with van der Waals surface area (Å²) in [7, 11) is 0. The fourth-order valence-electron chi connectivity index (χ4n) is 4.00. The van der Waals surface area contributed by atoms with Gasteiger partial charge < -0.3 is 4.74 Å². The van der Waals surface area contributed by atoms with Crippen molar-refractivity contribution in [3.63, 3.8) is 0 Å². The van der Waals surface area contributed by atoms with Gasteiger partial charge in [-0.25, -0.2) is 4.79 Å². The fourth-order valence-corrected chi connectivity index (χ4v) is 4.00. The molecule has 174 valence electrons. The van der Waals surface area contributed by atoms with Gasteiger partial charge in [0.15, 0.2) is 0 Å². The molecule has 1 atom stereocenters. The molecule has 0 heterocycles. The van der Waals surface area contributed by atoms with Crippen LogP contribution >= 0.6 is 0 Å². The summed E-state index contributed by atoms with van der Waals surface area (Å²) in [6, 6.07) is 24.3. The van der Waals surface area contributed by atoms with Crippen molar-refractivity contribution >= 4 is 5.97 Å². The Morgan fingerprint density at radius 1 is 0.727 bits per heavy atom. The largest absolute Gasteiger partial charge is 0.423 e. The molecule has 1 unspecified atom stereocenters. The zero-order valence-corrected chi connectivity index (χ0v) is 20.5. The van der Waals surface area contributed by atoms with E-state index in [9.17, 15) is 4.79 Å². The smallest absolute Gasteiger partial charge is 0.343 e. The molecule has 2 nitrogen and oxygen atoms in total. The van der Waals surface area contributed by atoms with Gasteiger partial charge in [0.1, 0.15) is 5.75 Å². The Morgan fingerprint density at radius 2 is 1.30 bits per heavy atom. The maximum atomic E-state index is 12.6. The van der Waals surface area contributed by atoms with Crippen molar-refractivity contribution < 1.29 is 9.53 Å². The molecule has 0 aromatic heterocycles. The third-order valence-corrected chi connectivity index (χ3v) is 6.39.